The van der Waals surface area contributed by atoms with Crippen LogP contribution in [0.2, 0.25) is 0 Å². The van der Waals surface area contributed by atoms with Crippen molar-refractivity contribution in [1.82, 2.24) is 14.7 Å². The first-order valence-corrected chi connectivity index (χ1v) is 11.0. The maximum Gasteiger partial charge on any atom is 0.324 e. The fourth-order valence-electron chi connectivity index (χ4n) is 3.98. The standard InChI is InChI=1S/C25H28FN5O2/c1-33-23-7-3-2-6-22(23)28-25(32)29-24-12-15-27-31(24)21-13-17-30(18-14-21)16-4-5-19-8-10-20(26)11-9-19/h2-12,15,21H,13-14,16-18H2,1H3,(H2,28,29,32)/b5-4+. The third kappa shape index (κ3) is 5.98. The Morgan fingerprint density at radius 1 is 1.12 bits per heavy atom. The van der Waals surface area contributed by atoms with E-state index in [9.17, 15) is 9.18 Å². The minimum Gasteiger partial charge on any atom is -0.495 e. The molecule has 33 heavy (non-hydrogen) atoms. The van der Waals surface area contributed by atoms with Gasteiger partial charge in [-0.1, -0.05) is 36.4 Å². The first kappa shape index (κ1) is 22.5. The van der Waals surface area contributed by atoms with Gasteiger partial charge in [0, 0.05) is 25.7 Å². The molecule has 8 heteroatoms. The van der Waals surface area contributed by atoms with Gasteiger partial charge in [-0.15, -0.1) is 0 Å². The predicted octanol–water partition coefficient (Wildman–Crippen LogP) is 5.03. The van der Waals surface area contributed by atoms with Crippen LogP contribution in [0, 0.1) is 5.82 Å². The van der Waals surface area contributed by atoms with Gasteiger partial charge in [0.2, 0.25) is 0 Å². The Kier molecular flexibility index (Phi) is 7.36. The Morgan fingerprint density at radius 2 is 1.88 bits per heavy atom. The van der Waals surface area contributed by atoms with E-state index in [2.05, 4.69) is 26.7 Å². The van der Waals surface area contributed by atoms with E-state index in [0.717, 1.165) is 38.0 Å². The summed E-state index contributed by atoms with van der Waals surface area (Å²) >= 11 is 0. The van der Waals surface area contributed by atoms with Crippen LogP contribution in [0.3, 0.4) is 0 Å². The smallest absolute Gasteiger partial charge is 0.324 e. The number of amides is 2. The van der Waals surface area contributed by atoms with Gasteiger partial charge >= 0.3 is 6.03 Å². The van der Waals surface area contributed by atoms with Crippen molar-refractivity contribution < 1.29 is 13.9 Å². The van der Waals surface area contributed by atoms with E-state index in [4.69, 9.17) is 4.74 Å². The molecule has 0 radical (unpaired) electrons. The molecule has 0 aliphatic carbocycles. The van der Waals surface area contributed by atoms with Crippen molar-refractivity contribution in [3.63, 3.8) is 0 Å². The third-order valence-corrected chi connectivity index (χ3v) is 5.71. The van der Waals surface area contributed by atoms with Crippen molar-refractivity contribution in [2.75, 3.05) is 37.4 Å². The average molecular weight is 450 g/mol. The molecule has 1 aliphatic rings. The number of hydrogen-bond acceptors (Lipinski definition) is 4. The number of piperidine rings is 1. The van der Waals surface area contributed by atoms with E-state index in [1.54, 1.807) is 43.6 Å². The summed E-state index contributed by atoms with van der Waals surface area (Å²) in [5.74, 6) is 1.04. The zero-order chi connectivity index (χ0) is 23.0. The largest absolute Gasteiger partial charge is 0.495 e. The van der Waals surface area contributed by atoms with Crippen LogP contribution in [0.15, 0.2) is 66.9 Å². The molecule has 2 N–H and O–H groups in total. The molecule has 2 amide bonds. The Balaban J connectivity index is 1.28. The first-order chi connectivity index (χ1) is 16.1. The predicted molar refractivity (Wildman–Crippen MR) is 128 cm³/mol. The number of urea groups is 1. The second-order valence-corrected chi connectivity index (χ2v) is 7.93. The molecule has 2 heterocycles. The molecule has 3 aromatic rings. The van der Waals surface area contributed by atoms with Gasteiger partial charge in [-0.3, -0.25) is 10.2 Å². The van der Waals surface area contributed by atoms with Crippen molar-refractivity contribution in [2.24, 2.45) is 0 Å². The van der Waals surface area contributed by atoms with Crippen LogP contribution in [-0.4, -0.2) is 47.5 Å². The summed E-state index contributed by atoms with van der Waals surface area (Å²) in [5, 5.41) is 10.2. The van der Waals surface area contributed by atoms with Crippen molar-refractivity contribution in [1.29, 1.82) is 0 Å². The number of carbonyl (C=O) groups is 1. The van der Waals surface area contributed by atoms with Gasteiger partial charge in [-0.05, 0) is 42.7 Å². The molecule has 4 rings (SSSR count). The Bertz CT molecular complexity index is 1090. The number of benzene rings is 2. The Labute approximate surface area is 192 Å². The number of likely N-dealkylation sites (tertiary alicyclic amines) is 1. The second kappa shape index (κ2) is 10.8. The molecule has 0 saturated carbocycles. The maximum atomic E-state index is 13.0. The number of aromatic nitrogens is 2. The van der Waals surface area contributed by atoms with Gasteiger partial charge in [0.15, 0.2) is 0 Å². The molecule has 7 nitrogen and oxygen atoms in total. The number of rotatable bonds is 7. The van der Waals surface area contributed by atoms with E-state index in [-0.39, 0.29) is 17.9 Å². The maximum absolute atomic E-state index is 13.0. The lowest BCUT2D eigenvalue weighted by atomic mass is 10.1. The highest BCUT2D eigenvalue weighted by Crippen LogP contribution is 2.26. The molecule has 0 bridgehead atoms. The number of nitrogens with zero attached hydrogens (tertiary/aromatic N) is 3. The first-order valence-electron chi connectivity index (χ1n) is 11.0. The van der Waals surface area contributed by atoms with Crippen LogP contribution >= 0.6 is 0 Å². The zero-order valence-corrected chi connectivity index (χ0v) is 18.6. The summed E-state index contributed by atoms with van der Waals surface area (Å²) in [4.78, 5) is 14.9. The molecule has 1 aromatic heterocycles. The summed E-state index contributed by atoms with van der Waals surface area (Å²) in [6.45, 7) is 2.71. The van der Waals surface area contributed by atoms with Crippen LogP contribution in [0.25, 0.3) is 6.08 Å². The SMILES string of the molecule is COc1ccccc1NC(=O)Nc1ccnn1C1CCN(C/C=C/c2ccc(F)cc2)CC1. The van der Waals surface area contributed by atoms with Gasteiger partial charge in [0.1, 0.15) is 17.4 Å². The highest BCUT2D eigenvalue weighted by atomic mass is 19.1. The third-order valence-electron chi connectivity index (χ3n) is 5.71. The van der Waals surface area contributed by atoms with E-state index >= 15 is 0 Å². The summed E-state index contributed by atoms with van der Waals surface area (Å²) < 4.78 is 20.2. The van der Waals surface area contributed by atoms with Gasteiger partial charge in [0.25, 0.3) is 0 Å². The van der Waals surface area contributed by atoms with Crippen LogP contribution in [0.1, 0.15) is 24.4 Å². The molecule has 1 saturated heterocycles. The number of nitrogens with one attached hydrogen (secondary N) is 2. The number of carbonyl (C=O) groups excluding carboxylic acids is 1. The number of halogens is 1. The lowest BCUT2D eigenvalue weighted by Gasteiger charge is -2.32. The number of methoxy groups -OCH3 is 1. The van der Waals surface area contributed by atoms with Crippen molar-refractivity contribution in [3.8, 4) is 5.75 Å². The summed E-state index contributed by atoms with van der Waals surface area (Å²) in [6.07, 6.45) is 7.71. The van der Waals surface area contributed by atoms with Crippen molar-refractivity contribution >= 4 is 23.6 Å². The summed E-state index contributed by atoms with van der Waals surface area (Å²) in [6, 6.07) is 15.4. The molecule has 0 unspecified atom stereocenters. The number of hydrogen-bond donors (Lipinski definition) is 2. The molecule has 1 aliphatic heterocycles. The molecule has 172 valence electrons. The van der Waals surface area contributed by atoms with E-state index in [1.807, 2.05) is 22.9 Å². The van der Waals surface area contributed by atoms with Crippen molar-refractivity contribution in [2.45, 2.75) is 18.9 Å². The Morgan fingerprint density at radius 3 is 2.64 bits per heavy atom. The lowest BCUT2D eigenvalue weighted by molar-refractivity contribution is 0.196. The number of ether oxygens (including phenoxy) is 1. The second-order valence-electron chi connectivity index (χ2n) is 7.93. The van der Waals surface area contributed by atoms with Crippen LogP contribution in [0.4, 0.5) is 20.7 Å². The normalized spacial score (nSPS) is 15.0. The molecule has 2 aromatic carbocycles. The fraction of sp³-hybridized carbons (Fsp3) is 0.280. The Hall–Kier alpha value is -3.65. The van der Waals surface area contributed by atoms with Gasteiger partial charge < -0.3 is 10.1 Å². The van der Waals surface area contributed by atoms with E-state index in [0.29, 0.717) is 17.3 Å². The average Bonchev–Trinajstić information content (AvgIpc) is 3.29. The van der Waals surface area contributed by atoms with Crippen LogP contribution in [0.5, 0.6) is 5.75 Å². The summed E-state index contributed by atoms with van der Waals surface area (Å²) in [7, 11) is 1.57. The highest BCUT2D eigenvalue weighted by Gasteiger charge is 2.22. The molecule has 0 atom stereocenters. The van der Waals surface area contributed by atoms with Gasteiger partial charge in [0.05, 0.1) is 25.0 Å². The van der Waals surface area contributed by atoms with Gasteiger partial charge in [-0.2, -0.15) is 5.10 Å². The number of anilines is 2. The van der Waals surface area contributed by atoms with E-state index < -0.39 is 0 Å². The quantitative estimate of drug-likeness (QED) is 0.531. The zero-order valence-electron chi connectivity index (χ0n) is 18.6. The molecule has 0 spiro atoms. The summed E-state index contributed by atoms with van der Waals surface area (Å²) in [5.41, 5.74) is 1.59. The van der Waals surface area contributed by atoms with Crippen molar-refractivity contribution in [3.05, 3.63) is 78.3 Å². The molecular weight excluding hydrogens is 421 g/mol. The van der Waals surface area contributed by atoms with Crippen LogP contribution < -0.4 is 15.4 Å². The highest BCUT2D eigenvalue weighted by molar-refractivity contribution is 6.00. The molecular formula is C25H28FN5O2. The van der Waals surface area contributed by atoms with Gasteiger partial charge in [-0.25, -0.2) is 13.9 Å². The fourth-order valence-corrected chi connectivity index (χ4v) is 3.98. The minimum atomic E-state index is -0.343. The molecule has 1 fully saturated rings. The van der Waals surface area contributed by atoms with Crippen LogP contribution in [-0.2, 0) is 0 Å². The van der Waals surface area contributed by atoms with E-state index in [1.165, 1.54) is 12.1 Å². The number of para-hydroxylation sites is 2. The monoisotopic (exact) mass is 449 g/mol. The minimum absolute atomic E-state index is 0.221. The lowest BCUT2D eigenvalue weighted by Crippen LogP contribution is -2.35. The topological polar surface area (TPSA) is 71.4 Å².